The molecule has 3 N–H and O–H groups in total. The minimum atomic E-state index is -0.209. The number of carbonyl (C=O) groups is 1. The first-order valence-corrected chi connectivity index (χ1v) is 11.5. The summed E-state index contributed by atoms with van der Waals surface area (Å²) in [6, 6.07) is 11.5. The van der Waals surface area contributed by atoms with Gasteiger partial charge in [0.05, 0.1) is 23.8 Å². The van der Waals surface area contributed by atoms with Gasteiger partial charge in [-0.15, -0.1) is 5.10 Å². The van der Waals surface area contributed by atoms with Gasteiger partial charge in [0.25, 0.3) is 5.91 Å². The molecule has 2 aliphatic rings. The van der Waals surface area contributed by atoms with Gasteiger partial charge in [0, 0.05) is 29.2 Å². The zero-order valence-corrected chi connectivity index (χ0v) is 19.0. The maximum absolute atomic E-state index is 12.6. The molecule has 1 amide bonds. The molecule has 2 heterocycles. The second kappa shape index (κ2) is 7.79. The van der Waals surface area contributed by atoms with Crippen molar-refractivity contribution in [3.63, 3.8) is 0 Å². The summed E-state index contributed by atoms with van der Waals surface area (Å²) < 4.78 is 1.74. The monoisotopic (exact) mass is 454 g/mol. The van der Waals surface area contributed by atoms with Gasteiger partial charge in [-0.1, -0.05) is 12.1 Å². The lowest BCUT2D eigenvalue weighted by molar-refractivity contribution is 0.0933. The van der Waals surface area contributed by atoms with E-state index in [1.165, 1.54) is 18.4 Å². The van der Waals surface area contributed by atoms with E-state index in [-0.39, 0.29) is 11.4 Å². The Morgan fingerprint density at radius 1 is 1.24 bits per heavy atom. The highest BCUT2D eigenvalue weighted by atomic mass is 16.1. The van der Waals surface area contributed by atoms with E-state index in [4.69, 9.17) is 4.98 Å². The van der Waals surface area contributed by atoms with Crippen LogP contribution in [0.1, 0.15) is 47.5 Å². The van der Waals surface area contributed by atoms with Crippen LogP contribution in [0, 0.1) is 0 Å². The topological polar surface area (TPSA) is 113 Å². The highest BCUT2D eigenvalue weighted by Crippen LogP contribution is 2.47. The molecule has 172 valence electrons. The number of carbonyl (C=O) groups excluding carboxylic acids is 1. The molecule has 0 aliphatic heterocycles. The number of aromatic amines is 1. The molecular weight excluding hydrogens is 428 g/mol. The fourth-order valence-electron chi connectivity index (χ4n) is 4.47. The van der Waals surface area contributed by atoms with Gasteiger partial charge in [-0.3, -0.25) is 14.9 Å². The maximum Gasteiger partial charge on any atom is 0.251 e. The number of nitrogens with zero attached hydrogens (tertiary/aromatic N) is 5. The quantitative estimate of drug-likeness (QED) is 0.349. The van der Waals surface area contributed by atoms with Gasteiger partial charge in [0.2, 0.25) is 5.95 Å². The van der Waals surface area contributed by atoms with Gasteiger partial charge in [-0.05, 0) is 68.1 Å². The van der Waals surface area contributed by atoms with Gasteiger partial charge in [-0.25, -0.2) is 4.68 Å². The number of anilines is 2. The number of aryl methyl sites for hydroxylation is 1. The summed E-state index contributed by atoms with van der Waals surface area (Å²) in [5.41, 5.74) is 4.61. The van der Waals surface area contributed by atoms with Crippen molar-refractivity contribution in [2.24, 2.45) is 12.0 Å². The zero-order chi connectivity index (χ0) is 23.3. The number of aromatic nitrogens is 5. The molecule has 2 aromatic carbocycles. The van der Waals surface area contributed by atoms with Gasteiger partial charge in [0.1, 0.15) is 0 Å². The number of rotatable bonds is 8. The molecule has 0 unspecified atom stereocenters. The molecule has 0 spiro atoms. The number of H-pyrrole nitrogens is 1. The molecule has 0 bridgehead atoms. The van der Waals surface area contributed by atoms with E-state index in [9.17, 15) is 4.79 Å². The third-order valence-electron chi connectivity index (χ3n) is 6.71. The van der Waals surface area contributed by atoms with Crippen LogP contribution in [0.25, 0.3) is 22.3 Å². The summed E-state index contributed by atoms with van der Waals surface area (Å²) in [5, 5.41) is 19.6. The second-order valence-corrected chi connectivity index (χ2v) is 9.33. The summed E-state index contributed by atoms with van der Waals surface area (Å²) in [5.74, 6) is 1.72. The van der Waals surface area contributed by atoms with Crippen LogP contribution in [0.5, 0.6) is 0 Å². The Bertz CT molecular complexity index is 1390. The lowest BCUT2D eigenvalue weighted by Gasteiger charge is -2.14. The SMILES string of the molecule is C=NCC1(NC(=O)c2ccc(-c3nc(Nc4ccc5[nH]ncc5c4C4CC4)n(C)n3)cc2)CC1. The molecule has 0 radical (unpaired) electrons. The van der Waals surface area contributed by atoms with Crippen LogP contribution in [-0.4, -0.2) is 49.7 Å². The molecule has 34 heavy (non-hydrogen) atoms. The van der Waals surface area contributed by atoms with Crippen molar-refractivity contribution >= 4 is 35.2 Å². The normalized spacial score (nSPS) is 16.4. The summed E-state index contributed by atoms with van der Waals surface area (Å²) in [7, 11) is 1.87. The van der Waals surface area contributed by atoms with Crippen LogP contribution in [0.3, 0.4) is 0 Å². The van der Waals surface area contributed by atoms with Crippen molar-refractivity contribution in [3.05, 3.63) is 53.7 Å². The minimum Gasteiger partial charge on any atom is -0.345 e. The maximum atomic E-state index is 12.6. The van der Waals surface area contributed by atoms with E-state index in [1.807, 2.05) is 43.6 Å². The van der Waals surface area contributed by atoms with E-state index in [0.717, 1.165) is 35.0 Å². The lowest BCUT2D eigenvalue weighted by Crippen LogP contribution is -2.39. The average molecular weight is 455 g/mol. The minimum absolute atomic E-state index is 0.0914. The Morgan fingerprint density at radius 2 is 2.03 bits per heavy atom. The second-order valence-electron chi connectivity index (χ2n) is 9.33. The third-order valence-corrected chi connectivity index (χ3v) is 6.71. The van der Waals surface area contributed by atoms with Gasteiger partial charge in [0.15, 0.2) is 5.82 Å². The first-order chi connectivity index (χ1) is 16.5. The molecule has 0 atom stereocenters. The third kappa shape index (κ3) is 3.72. The molecule has 4 aromatic rings. The van der Waals surface area contributed by atoms with Crippen LogP contribution < -0.4 is 10.6 Å². The molecule has 2 fully saturated rings. The summed E-state index contributed by atoms with van der Waals surface area (Å²) in [4.78, 5) is 21.3. The highest BCUT2D eigenvalue weighted by Gasteiger charge is 2.43. The van der Waals surface area contributed by atoms with Crippen molar-refractivity contribution < 1.29 is 4.79 Å². The molecule has 0 saturated heterocycles. The zero-order valence-electron chi connectivity index (χ0n) is 19.0. The number of nitrogens with one attached hydrogen (secondary N) is 3. The van der Waals surface area contributed by atoms with Gasteiger partial charge < -0.3 is 10.6 Å². The fourth-order valence-corrected chi connectivity index (χ4v) is 4.47. The summed E-state index contributed by atoms with van der Waals surface area (Å²) in [6.07, 6.45) is 6.16. The van der Waals surface area contributed by atoms with E-state index in [0.29, 0.717) is 29.8 Å². The van der Waals surface area contributed by atoms with Crippen LogP contribution in [0.2, 0.25) is 0 Å². The van der Waals surface area contributed by atoms with Gasteiger partial charge in [-0.2, -0.15) is 10.1 Å². The van der Waals surface area contributed by atoms with E-state index >= 15 is 0 Å². The molecule has 2 aliphatic carbocycles. The van der Waals surface area contributed by atoms with Crippen LogP contribution in [0.4, 0.5) is 11.6 Å². The molecule has 2 aromatic heterocycles. The number of hydrogen-bond donors (Lipinski definition) is 3. The van der Waals surface area contributed by atoms with E-state index in [1.54, 1.807) is 4.68 Å². The standard InChI is InChI=1S/C25H26N8O/c1-26-14-25(11-12-25)30-23(34)17-7-5-16(6-8-17)22-29-24(33(2)32-22)28-20-10-9-19-18(13-27-31-19)21(20)15-3-4-15/h5-10,13,15H,1,3-4,11-12,14H2,2H3,(H,27,31)(H,30,34)(H,28,29,32). The van der Waals surface area contributed by atoms with Crippen molar-refractivity contribution in [2.75, 3.05) is 11.9 Å². The predicted octanol–water partition coefficient (Wildman–Crippen LogP) is 3.94. The largest absolute Gasteiger partial charge is 0.345 e. The fraction of sp³-hybridized carbons (Fsp3) is 0.320. The smallest absolute Gasteiger partial charge is 0.251 e. The number of benzene rings is 2. The first kappa shape index (κ1) is 20.6. The Labute approximate surface area is 196 Å². The first-order valence-electron chi connectivity index (χ1n) is 11.5. The molecule has 9 nitrogen and oxygen atoms in total. The van der Waals surface area contributed by atoms with Crippen molar-refractivity contribution in [3.8, 4) is 11.4 Å². The van der Waals surface area contributed by atoms with Crippen molar-refractivity contribution in [1.82, 2.24) is 30.3 Å². The lowest BCUT2D eigenvalue weighted by atomic mass is 10.0. The van der Waals surface area contributed by atoms with Crippen LogP contribution >= 0.6 is 0 Å². The Balaban J connectivity index is 1.22. The highest BCUT2D eigenvalue weighted by molar-refractivity contribution is 5.95. The molecule has 2 saturated carbocycles. The number of aliphatic imine (C=N–C) groups is 1. The Kier molecular flexibility index (Phi) is 4.72. The average Bonchev–Trinajstić information content (AvgIpc) is 3.73. The molecule has 9 heteroatoms. The number of amides is 1. The van der Waals surface area contributed by atoms with E-state index < -0.39 is 0 Å². The van der Waals surface area contributed by atoms with Crippen LogP contribution in [-0.2, 0) is 7.05 Å². The number of hydrogen-bond acceptors (Lipinski definition) is 6. The van der Waals surface area contributed by atoms with Gasteiger partial charge >= 0.3 is 0 Å². The summed E-state index contributed by atoms with van der Waals surface area (Å²) >= 11 is 0. The molecule has 6 rings (SSSR count). The van der Waals surface area contributed by atoms with E-state index in [2.05, 4.69) is 43.7 Å². The summed E-state index contributed by atoms with van der Waals surface area (Å²) in [6.45, 7) is 4.10. The predicted molar refractivity (Wildman–Crippen MR) is 132 cm³/mol. The Morgan fingerprint density at radius 3 is 2.74 bits per heavy atom. The Hall–Kier alpha value is -4.01. The number of fused-ring (bicyclic) bond motifs is 1. The van der Waals surface area contributed by atoms with Crippen molar-refractivity contribution in [2.45, 2.75) is 37.1 Å². The van der Waals surface area contributed by atoms with Crippen LogP contribution in [0.15, 0.2) is 47.6 Å². The molecular formula is C25H26N8O. The van der Waals surface area contributed by atoms with Crippen molar-refractivity contribution in [1.29, 1.82) is 0 Å².